The molecule has 0 radical (unpaired) electrons. The summed E-state index contributed by atoms with van der Waals surface area (Å²) in [4.78, 5) is 3.04. The summed E-state index contributed by atoms with van der Waals surface area (Å²) < 4.78 is 11.4. The summed E-state index contributed by atoms with van der Waals surface area (Å²) in [7, 11) is -0.374. The molecule has 4 heteroatoms. The van der Waals surface area contributed by atoms with Gasteiger partial charge in [0, 0.05) is 15.9 Å². The van der Waals surface area contributed by atoms with Crippen LogP contribution in [0.1, 0.15) is 0 Å². The Labute approximate surface area is 101 Å². The van der Waals surface area contributed by atoms with Gasteiger partial charge in [-0.3, -0.25) is 0 Å². The van der Waals surface area contributed by atoms with Crippen LogP contribution >= 0.6 is 23.5 Å². The maximum absolute atomic E-state index is 11.4. The van der Waals surface area contributed by atoms with Crippen LogP contribution in [-0.4, -0.2) is 10.8 Å². The lowest BCUT2D eigenvalue weighted by molar-refractivity contribution is 0.600. The molecule has 1 aromatic carbocycles. The number of hydrogen-bond acceptors (Lipinski definition) is 2. The molecule has 0 N–H and O–H groups in total. The van der Waals surface area contributed by atoms with Crippen LogP contribution in [0.25, 0.3) is 0 Å². The second-order valence-corrected chi connectivity index (χ2v) is 6.95. The van der Waals surface area contributed by atoms with Gasteiger partial charge >= 0.3 is 0 Å². The van der Waals surface area contributed by atoms with E-state index in [1.54, 1.807) is 6.26 Å². The first-order chi connectivity index (χ1) is 7.18. The van der Waals surface area contributed by atoms with E-state index in [4.69, 9.17) is 0 Å². The zero-order chi connectivity index (χ0) is 10.8. The van der Waals surface area contributed by atoms with Crippen LogP contribution in [-0.2, 0) is 11.2 Å². The van der Waals surface area contributed by atoms with Crippen molar-refractivity contribution in [2.75, 3.05) is 6.26 Å². The average molecular weight is 256 g/mol. The van der Waals surface area contributed by atoms with Crippen molar-refractivity contribution in [2.24, 2.45) is 0 Å². The Balaban J connectivity index is 2.41. The number of allylic oxidation sites excluding steroid dienone is 2. The summed E-state index contributed by atoms with van der Waals surface area (Å²) in [5.41, 5.74) is 0. The molecule has 0 aliphatic carbocycles. The highest BCUT2D eigenvalue weighted by atomic mass is 32.2. The molecular formula is C11H12OS3. The van der Waals surface area contributed by atoms with Crippen LogP contribution in [0.4, 0.5) is 0 Å². The van der Waals surface area contributed by atoms with Crippen molar-refractivity contribution < 1.29 is 4.55 Å². The zero-order valence-corrected chi connectivity index (χ0v) is 10.9. The van der Waals surface area contributed by atoms with E-state index in [9.17, 15) is 4.55 Å². The minimum atomic E-state index is -0.919. The Morgan fingerprint density at radius 1 is 1.27 bits per heavy atom. The second kappa shape index (κ2) is 4.70. The molecule has 0 amide bonds. The van der Waals surface area contributed by atoms with E-state index < -0.39 is 11.2 Å². The van der Waals surface area contributed by atoms with Crippen molar-refractivity contribution in [1.82, 2.24) is 0 Å². The van der Waals surface area contributed by atoms with Crippen LogP contribution < -0.4 is 0 Å². The smallest absolute Gasteiger partial charge is 0.153 e. The van der Waals surface area contributed by atoms with Gasteiger partial charge in [-0.25, -0.2) is 0 Å². The van der Waals surface area contributed by atoms with Gasteiger partial charge < -0.3 is 4.55 Å². The van der Waals surface area contributed by atoms with Crippen molar-refractivity contribution in [1.29, 1.82) is 0 Å². The van der Waals surface area contributed by atoms with Gasteiger partial charge in [-0.05, 0) is 34.1 Å². The molecule has 1 atom stereocenters. The third-order valence-electron chi connectivity index (χ3n) is 2.16. The summed E-state index contributed by atoms with van der Waals surface area (Å²) in [5, 5.41) is 4.35. The van der Waals surface area contributed by atoms with Crippen LogP contribution in [0.2, 0.25) is 0 Å². The van der Waals surface area contributed by atoms with Crippen molar-refractivity contribution in [3.63, 3.8) is 0 Å². The van der Waals surface area contributed by atoms with E-state index in [0.29, 0.717) is 0 Å². The minimum Gasteiger partial charge on any atom is -0.612 e. The molecule has 1 unspecified atom stereocenters. The molecule has 1 aromatic rings. The molecule has 1 heterocycles. The van der Waals surface area contributed by atoms with Gasteiger partial charge in [0.1, 0.15) is 6.26 Å². The molecule has 0 aromatic heterocycles. The minimum absolute atomic E-state index is 0.374. The van der Waals surface area contributed by atoms with Gasteiger partial charge in [-0.2, -0.15) is 10.9 Å². The van der Waals surface area contributed by atoms with E-state index in [1.165, 1.54) is 4.90 Å². The predicted octanol–water partition coefficient (Wildman–Crippen LogP) is 3.11. The first kappa shape index (κ1) is 11.2. The van der Waals surface area contributed by atoms with Crippen LogP contribution in [0.3, 0.4) is 0 Å². The number of thiol groups is 2. The summed E-state index contributed by atoms with van der Waals surface area (Å²) in [6.07, 6.45) is 5.80. The SMILES string of the molecule is C[S+]([O-])c1ccc(S)c([SH]2C=CC=C2)c1. The molecule has 0 bridgehead atoms. The number of rotatable bonds is 2. The average Bonchev–Trinajstić information content (AvgIpc) is 2.71. The molecule has 1 aliphatic heterocycles. The molecule has 1 nitrogen and oxygen atoms in total. The Kier molecular flexibility index (Phi) is 3.51. The molecule has 2 rings (SSSR count). The summed E-state index contributed by atoms with van der Waals surface area (Å²) in [5.74, 6) is 0. The summed E-state index contributed by atoms with van der Waals surface area (Å²) in [6.45, 7) is 0. The van der Waals surface area contributed by atoms with Gasteiger partial charge in [0.05, 0.1) is 0 Å². The van der Waals surface area contributed by atoms with Crippen LogP contribution in [0.15, 0.2) is 55.9 Å². The molecule has 0 saturated heterocycles. The fourth-order valence-corrected chi connectivity index (χ4v) is 4.12. The number of hydrogen-bond donors (Lipinski definition) is 2. The lowest BCUT2D eigenvalue weighted by atomic mass is 10.4. The first-order valence-electron chi connectivity index (χ1n) is 4.48. The second-order valence-electron chi connectivity index (χ2n) is 3.19. The van der Waals surface area contributed by atoms with Gasteiger partial charge in [0.15, 0.2) is 4.90 Å². The standard InChI is InChI=1S/C11H12OS3/c1-14(12)9-4-5-10(13)11(8-9)15-6-2-3-7-15/h2-8,13,15H,1H3. The van der Waals surface area contributed by atoms with Crippen molar-refractivity contribution in [3.05, 3.63) is 41.2 Å². The Bertz CT molecular complexity index is 412. The lowest BCUT2D eigenvalue weighted by Crippen LogP contribution is -1.97. The molecule has 0 saturated carbocycles. The molecular weight excluding hydrogens is 244 g/mol. The highest BCUT2D eigenvalue weighted by molar-refractivity contribution is 8.22. The van der Waals surface area contributed by atoms with E-state index in [-0.39, 0.29) is 10.9 Å². The van der Waals surface area contributed by atoms with E-state index in [0.717, 1.165) is 9.79 Å². The van der Waals surface area contributed by atoms with E-state index >= 15 is 0 Å². The first-order valence-corrected chi connectivity index (χ1v) is 7.97. The molecule has 0 fully saturated rings. The zero-order valence-electron chi connectivity index (χ0n) is 8.25. The van der Waals surface area contributed by atoms with Gasteiger partial charge in [0.2, 0.25) is 0 Å². The van der Waals surface area contributed by atoms with Crippen LogP contribution in [0.5, 0.6) is 0 Å². The van der Waals surface area contributed by atoms with Crippen molar-refractivity contribution >= 4 is 34.7 Å². The molecule has 0 spiro atoms. The maximum atomic E-state index is 11.4. The van der Waals surface area contributed by atoms with Gasteiger partial charge in [0.25, 0.3) is 0 Å². The van der Waals surface area contributed by atoms with Crippen molar-refractivity contribution in [2.45, 2.75) is 14.7 Å². The number of benzene rings is 1. The Hall–Kier alpha value is -0.290. The molecule has 1 aliphatic rings. The third kappa shape index (κ3) is 2.45. The topological polar surface area (TPSA) is 23.1 Å². The Morgan fingerprint density at radius 2 is 1.93 bits per heavy atom. The van der Waals surface area contributed by atoms with Crippen molar-refractivity contribution in [3.8, 4) is 0 Å². The fraction of sp³-hybridized carbons (Fsp3) is 0.0909. The summed E-state index contributed by atoms with van der Waals surface area (Å²) >= 11 is 3.52. The van der Waals surface area contributed by atoms with E-state index in [2.05, 4.69) is 35.6 Å². The van der Waals surface area contributed by atoms with Gasteiger partial charge in [-0.1, -0.05) is 12.2 Å². The highest BCUT2D eigenvalue weighted by Gasteiger charge is 2.12. The normalized spacial score (nSPS) is 18.5. The lowest BCUT2D eigenvalue weighted by Gasteiger charge is -2.14. The molecule has 80 valence electrons. The predicted molar refractivity (Wildman–Crippen MR) is 71.6 cm³/mol. The van der Waals surface area contributed by atoms with Crippen LogP contribution in [0, 0.1) is 0 Å². The quantitative estimate of drug-likeness (QED) is 0.616. The third-order valence-corrected chi connectivity index (χ3v) is 5.56. The highest BCUT2D eigenvalue weighted by Crippen LogP contribution is 2.45. The van der Waals surface area contributed by atoms with Gasteiger partial charge in [-0.15, -0.1) is 12.6 Å². The Morgan fingerprint density at radius 3 is 2.53 bits per heavy atom. The summed E-state index contributed by atoms with van der Waals surface area (Å²) in [6, 6.07) is 5.81. The largest absolute Gasteiger partial charge is 0.612 e. The fourth-order valence-electron chi connectivity index (χ4n) is 1.38. The maximum Gasteiger partial charge on any atom is 0.153 e. The van der Waals surface area contributed by atoms with E-state index in [1.807, 2.05) is 18.2 Å². The molecule has 15 heavy (non-hydrogen) atoms. The monoisotopic (exact) mass is 256 g/mol.